The molecular formula is C22H20N5Na3O16S5. The molecule has 0 aromatic heterocycles. The summed E-state index contributed by atoms with van der Waals surface area (Å²) in [5.74, 6) is -1.76. The van der Waals surface area contributed by atoms with E-state index in [1.54, 1.807) is 0 Å². The van der Waals surface area contributed by atoms with Crippen molar-refractivity contribution in [1.82, 2.24) is 0 Å². The van der Waals surface area contributed by atoms with Gasteiger partial charge in [0.2, 0.25) is 10.4 Å². The summed E-state index contributed by atoms with van der Waals surface area (Å²) in [6.07, 6.45) is 0. The van der Waals surface area contributed by atoms with Crippen molar-refractivity contribution in [2.24, 2.45) is 20.5 Å². The molecule has 0 aliphatic rings. The summed E-state index contributed by atoms with van der Waals surface area (Å²) in [4.78, 5) is -0.565. The van der Waals surface area contributed by atoms with Crippen LogP contribution >= 0.6 is 24.4 Å². The van der Waals surface area contributed by atoms with Gasteiger partial charge in [0.15, 0.2) is 32.0 Å². The van der Waals surface area contributed by atoms with Gasteiger partial charge in [0, 0.05) is 6.07 Å². The number of aromatic hydroxyl groups is 1. The fraction of sp³-hybridized carbons (Fsp3) is 0.182. The molecule has 21 nitrogen and oxygen atoms in total. The van der Waals surface area contributed by atoms with E-state index in [0.29, 0.717) is 0 Å². The number of nitrogens with zero attached hydrogens (tertiary/aromatic N) is 4. The van der Waals surface area contributed by atoms with Gasteiger partial charge in [-0.05, 0) is 48.5 Å². The predicted octanol–water partition coefficient (Wildman–Crippen LogP) is -7.12. The number of nitrogen functional groups attached to an aromatic ring is 1. The predicted molar refractivity (Wildman–Crippen MR) is 157 cm³/mol. The van der Waals surface area contributed by atoms with Gasteiger partial charge in [-0.15, -0.1) is 19.7 Å². The Morgan fingerprint density at radius 3 is 1.90 bits per heavy atom. The van der Waals surface area contributed by atoms with Crippen LogP contribution in [0.15, 0.2) is 89.7 Å². The molecule has 0 radical (unpaired) electrons. The van der Waals surface area contributed by atoms with Crippen molar-refractivity contribution in [2.45, 2.75) is 14.7 Å². The molecule has 0 aliphatic carbocycles. The van der Waals surface area contributed by atoms with Crippen LogP contribution in [-0.2, 0) is 57.2 Å². The first-order valence-corrected chi connectivity index (χ1v) is 18.3. The molecule has 51 heavy (non-hydrogen) atoms. The van der Waals surface area contributed by atoms with Crippen LogP contribution in [0.4, 0.5) is 28.4 Å². The molecule has 3 rings (SSSR count). The quantitative estimate of drug-likeness (QED) is 0.0130. The van der Waals surface area contributed by atoms with Crippen LogP contribution in [0, 0.1) is 0 Å². The van der Waals surface area contributed by atoms with E-state index in [9.17, 15) is 45.4 Å². The van der Waals surface area contributed by atoms with E-state index in [2.05, 4.69) is 43.4 Å². The molecule has 0 unspecified atom stereocenters. The second-order valence-corrected chi connectivity index (χ2v) is 15.1. The average molecular weight is 840 g/mol. The van der Waals surface area contributed by atoms with E-state index in [0.717, 1.165) is 24.3 Å². The van der Waals surface area contributed by atoms with Crippen molar-refractivity contribution in [3.63, 3.8) is 0 Å². The van der Waals surface area contributed by atoms with Gasteiger partial charge in [0.25, 0.3) is 0 Å². The molecule has 3 N–H and O–H groups in total. The van der Waals surface area contributed by atoms with Gasteiger partial charge < -0.3 is 25.9 Å². The first-order chi connectivity index (χ1) is 22.6. The van der Waals surface area contributed by atoms with Crippen molar-refractivity contribution in [2.75, 3.05) is 30.5 Å². The number of anilines is 1. The largest absolute Gasteiger partial charge is 1.00 e. The maximum atomic E-state index is 12.6. The normalized spacial score (nSPS) is 12.0. The maximum absolute atomic E-state index is 12.6. The second kappa shape index (κ2) is 24.2. The van der Waals surface area contributed by atoms with E-state index in [4.69, 9.17) is 9.92 Å². The molecule has 0 heterocycles. The first-order valence-electron chi connectivity index (χ1n) is 12.3. The maximum Gasteiger partial charge on any atom is 1.00 e. The van der Waals surface area contributed by atoms with E-state index >= 15 is 0 Å². The van der Waals surface area contributed by atoms with Crippen LogP contribution in [0.5, 0.6) is 5.75 Å². The Morgan fingerprint density at radius 1 is 0.706 bits per heavy atom. The molecule has 0 saturated carbocycles. The average Bonchev–Trinajstić information content (AvgIpc) is 3.02. The standard InChI is InChI=1S/C22H23N5O16S5.3Na/c23-17-12-21(28)20(13-19(17)26-24-14-1-3-15(4-2-14)46(31,32)9-7-38-45-43-41-30)27-25-18-6-5-16(11-22(18)44-42-40-29)47(33,34)10-8-39-48(35,36)37;;;/h1-6,11-13,28-30H,7-10,23H2,(H,35,36,37);;;/q;3*+1/p-3. The SMILES string of the molecule is Nc1cc(O)c(N=Nc2ccc(S(=O)(=O)CCOS(=O)(=O)[O-])cc2SOO[O-])cc1N=Nc1ccc(S(=O)(=O)CCOSOO[O-])cc1.[Na+].[Na+].[Na+]. The number of benzene rings is 3. The molecule has 3 aromatic carbocycles. The smallest absolute Gasteiger partial charge is 0.726 e. The first kappa shape index (κ1) is 50.6. The minimum Gasteiger partial charge on any atom is -0.726 e. The van der Waals surface area contributed by atoms with Crippen molar-refractivity contribution in [3.8, 4) is 5.75 Å². The van der Waals surface area contributed by atoms with Gasteiger partial charge in [-0.2, -0.15) is 9.45 Å². The Labute approximate surface area is 365 Å². The summed E-state index contributed by atoms with van der Waals surface area (Å²) < 4.78 is 98.5. The Hall–Kier alpha value is -0.350. The number of phenols is 1. The molecule has 3 aromatic rings. The van der Waals surface area contributed by atoms with Gasteiger partial charge in [-0.25, -0.2) is 25.3 Å². The van der Waals surface area contributed by atoms with Crippen LogP contribution in [0.2, 0.25) is 0 Å². The fourth-order valence-corrected chi connectivity index (χ4v) is 6.72. The molecule has 0 fully saturated rings. The molecule has 29 heteroatoms. The number of hydrogen-bond donors (Lipinski definition) is 2. The van der Waals surface area contributed by atoms with Crippen molar-refractivity contribution in [3.05, 3.63) is 54.6 Å². The van der Waals surface area contributed by atoms with E-state index in [-0.39, 0.29) is 163 Å². The van der Waals surface area contributed by atoms with Gasteiger partial charge in [0.05, 0.1) is 62.8 Å². The number of azo groups is 2. The van der Waals surface area contributed by atoms with Gasteiger partial charge in [0.1, 0.15) is 22.8 Å². The Kier molecular flexibility index (Phi) is 24.1. The van der Waals surface area contributed by atoms with Crippen LogP contribution in [0.1, 0.15) is 0 Å². The summed E-state index contributed by atoms with van der Waals surface area (Å²) in [7, 11) is -13.1. The molecule has 262 valence electrons. The fourth-order valence-electron chi connectivity index (χ4n) is 3.27. The van der Waals surface area contributed by atoms with E-state index in [1.165, 1.54) is 30.3 Å². The summed E-state index contributed by atoms with van der Waals surface area (Å²) in [5, 5.41) is 52.6. The van der Waals surface area contributed by atoms with Gasteiger partial charge in [-0.1, -0.05) is 0 Å². The number of sulfone groups is 2. The van der Waals surface area contributed by atoms with Crippen LogP contribution < -0.4 is 105 Å². The van der Waals surface area contributed by atoms with Gasteiger partial charge >= 0.3 is 88.7 Å². The zero-order valence-electron chi connectivity index (χ0n) is 26.5. The Morgan fingerprint density at radius 2 is 1.27 bits per heavy atom. The van der Waals surface area contributed by atoms with Crippen LogP contribution in [0.3, 0.4) is 0 Å². The van der Waals surface area contributed by atoms with Crippen LogP contribution in [-0.4, -0.2) is 59.6 Å². The zero-order chi connectivity index (χ0) is 35.4. The topological polar surface area (TPSA) is 323 Å². The number of hydrogen-bond acceptors (Lipinski definition) is 23. The summed E-state index contributed by atoms with van der Waals surface area (Å²) in [6.45, 7) is -1.25. The minimum absolute atomic E-state index is 0. The van der Waals surface area contributed by atoms with E-state index in [1.807, 2.05) is 0 Å². The molecule has 0 atom stereocenters. The molecule has 0 amide bonds. The zero-order valence-corrected chi connectivity index (χ0v) is 36.6. The Bertz CT molecular complexity index is 1960. The molecular weight excluding hydrogens is 820 g/mol. The molecule has 0 bridgehead atoms. The third kappa shape index (κ3) is 17.3. The van der Waals surface area contributed by atoms with Crippen molar-refractivity contribution in [1.29, 1.82) is 0 Å². The second-order valence-electron chi connectivity index (χ2n) is 8.54. The monoisotopic (exact) mass is 839 g/mol. The molecule has 0 aliphatic heterocycles. The number of phenolic OH excluding ortho intramolecular Hbond substituents is 1. The summed E-state index contributed by atoms with van der Waals surface area (Å²) >= 11 is 0.431. The van der Waals surface area contributed by atoms with Crippen LogP contribution in [0.25, 0.3) is 0 Å². The molecule has 0 spiro atoms. The number of rotatable bonds is 19. The van der Waals surface area contributed by atoms with E-state index < -0.39 is 53.9 Å². The van der Waals surface area contributed by atoms with Gasteiger partial charge in [-0.3, -0.25) is 18.4 Å². The Balaban J connectivity index is 0.00000833. The van der Waals surface area contributed by atoms with Crippen molar-refractivity contribution >= 4 is 82.9 Å². The number of nitrogens with two attached hydrogens (primary N) is 1. The molecule has 0 saturated heterocycles. The third-order valence-corrected chi connectivity index (χ3v) is 10.2. The van der Waals surface area contributed by atoms with Crippen molar-refractivity contribution < 1.29 is 161 Å². The summed E-state index contributed by atoms with van der Waals surface area (Å²) in [5.41, 5.74) is 5.86. The summed E-state index contributed by atoms with van der Waals surface area (Å²) in [6, 6.07) is 10.7. The minimum atomic E-state index is -5.12. The third-order valence-electron chi connectivity index (χ3n) is 5.42.